The Balaban J connectivity index is 1.50. The second-order valence-electron chi connectivity index (χ2n) is 5.48. The van der Waals surface area contributed by atoms with Gasteiger partial charge in [-0.2, -0.15) is 0 Å². The molecule has 7 nitrogen and oxygen atoms in total. The lowest BCUT2D eigenvalue weighted by Crippen LogP contribution is -2.34. The lowest BCUT2D eigenvalue weighted by atomic mass is 10.3. The van der Waals surface area contributed by atoms with Gasteiger partial charge in [-0.1, -0.05) is 0 Å². The van der Waals surface area contributed by atoms with Gasteiger partial charge in [-0.3, -0.25) is 4.79 Å². The molecule has 2 aromatic rings. The summed E-state index contributed by atoms with van der Waals surface area (Å²) < 4.78 is 29.1. The van der Waals surface area contributed by atoms with Crippen molar-refractivity contribution in [3.05, 3.63) is 42.5 Å². The molecule has 1 aromatic carbocycles. The molecule has 0 spiro atoms. The first-order chi connectivity index (χ1) is 12.2. The second kappa shape index (κ2) is 7.78. The van der Waals surface area contributed by atoms with E-state index in [1.54, 1.807) is 4.90 Å². The van der Waals surface area contributed by atoms with Crippen molar-refractivity contribution in [3.8, 4) is 17.5 Å². The van der Waals surface area contributed by atoms with E-state index in [2.05, 4.69) is 9.97 Å². The molecule has 8 heteroatoms. The number of rotatable bonds is 6. The molecule has 1 unspecified atom stereocenters. The molecule has 1 aliphatic rings. The molecule has 0 N–H and O–H groups in total. The summed E-state index contributed by atoms with van der Waals surface area (Å²) in [6.45, 7) is 0.900. The average Bonchev–Trinajstić information content (AvgIpc) is 3.10. The second-order valence-corrected chi connectivity index (χ2v) is 5.48. The number of carbonyl (C=O) groups is 1. The van der Waals surface area contributed by atoms with Crippen molar-refractivity contribution in [2.75, 3.05) is 26.8 Å². The van der Waals surface area contributed by atoms with Gasteiger partial charge in [0.25, 0.3) is 17.7 Å². The molecule has 0 aliphatic carbocycles. The Morgan fingerprint density at radius 1 is 1.24 bits per heavy atom. The zero-order valence-electron chi connectivity index (χ0n) is 13.7. The fourth-order valence-corrected chi connectivity index (χ4v) is 2.51. The molecule has 3 rings (SSSR count). The van der Waals surface area contributed by atoms with Crippen LogP contribution in [0.3, 0.4) is 0 Å². The SMILES string of the molecule is COc1nccnc1OC1CCN(C(=O)COc2ccc(F)cc2)C1. The summed E-state index contributed by atoms with van der Waals surface area (Å²) in [4.78, 5) is 22.0. The molecule has 25 heavy (non-hydrogen) atoms. The molecule has 1 fully saturated rings. The van der Waals surface area contributed by atoms with E-state index < -0.39 is 0 Å². The number of hydrogen-bond acceptors (Lipinski definition) is 6. The Kier molecular flexibility index (Phi) is 5.27. The first-order valence-corrected chi connectivity index (χ1v) is 7.83. The molecule has 1 atom stereocenters. The molecule has 1 aliphatic heterocycles. The Labute approximate surface area is 144 Å². The van der Waals surface area contributed by atoms with Crippen LogP contribution in [0.4, 0.5) is 4.39 Å². The molecule has 0 radical (unpaired) electrons. The van der Waals surface area contributed by atoms with Crippen LogP contribution in [-0.2, 0) is 4.79 Å². The number of likely N-dealkylation sites (tertiary alicyclic amines) is 1. The maximum atomic E-state index is 12.8. The lowest BCUT2D eigenvalue weighted by Gasteiger charge is -2.17. The first-order valence-electron chi connectivity index (χ1n) is 7.83. The van der Waals surface area contributed by atoms with Crippen molar-refractivity contribution in [2.24, 2.45) is 0 Å². The Morgan fingerprint density at radius 3 is 2.68 bits per heavy atom. The molecule has 1 saturated heterocycles. The van der Waals surface area contributed by atoms with E-state index in [4.69, 9.17) is 14.2 Å². The number of nitrogens with zero attached hydrogens (tertiary/aromatic N) is 3. The monoisotopic (exact) mass is 347 g/mol. The van der Waals surface area contributed by atoms with E-state index in [9.17, 15) is 9.18 Å². The van der Waals surface area contributed by atoms with Crippen LogP contribution in [0.25, 0.3) is 0 Å². The zero-order valence-corrected chi connectivity index (χ0v) is 13.7. The van der Waals surface area contributed by atoms with Gasteiger partial charge in [0.15, 0.2) is 6.61 Å². The average molecular weight is 347 g/mol. The Morgan fingerprint density at radius 2 is 1.96 bits per heavy atom. The summed E-state index contributed by atoms with van der Waals surface area (Å²) in [5, 5.41) is 0. The van der Waals surface area contributed by atoms with Gasteiger partial charge in [-0.25, -0.2) is 14.4 Å². The molecular formula is C17H18FN3O4. The summed E-state index contributed by atoms with van der Waals surface area (Å²) in [5.41, 5.74) is 0. The van der Waals surface area contributed by atoms with E-state index in [1.807, 2.05) is 0 Å². The van der Waals surface area contributed by atoms with E-state index in [1.165, 1.54) is 43.8 Å². The third kappa shape index (κ3) is 4.34. The van der Waals surface area contributed by atoms with Crippen LogP contribution < -0.4 is 14.2 Å². The van der Waals surface area contributed by atoms with Crippen molar-refractivity contribution in [3.63, 3.8) is 0 Å². The van der Waals surface area contributed by atoms with Gasteiger partial charge >= 0.3 is 0 Å². The van der Waals surface area contributed by atoms with Gasteiger partial charge in [0.05, 0.1) is 13.7 Å². The predicted octanol–water partition coefficient (Wildman–Crippen LogP) is 1.68. The van der Waals surface area contributed by atoms with Crippen molar-refractivity contribution in [2.45, 2.75) is 12.5 Å². The van der Waals surface area contributed by atoms with E-state index in [0.717, 1.165) is 0 Å². The number of amides is 1. The molecule has 0 bridgehead atoms. The minimum absolute atomic E-state index is 0.104. The largest absolute Gasteiger partial charge is 0.484 e. The highest BCUT2D eigenvalue weighted by molar-refractivity contribution is 5.78. The van der Waals surface area contributed by atoms with Crippen LogP contribution in [0.1, 0.15) is 6.42 Å². The topological polar surface area (TPSA) is 73.8 Å². The van der Waals surface area contributed by atoms with Gasteiger partial charge in [0, 0.05) is 25.4 Å². The molecule has 1 amide bonds. The maximum absolute atomic E-state index is 12.8. The van der Waals surface area contributed by atoms with Gasteiger partial charge in [0.1, 0.15) is 17.7 Å². The minimum Gasteiger partial charge on any atom is -0.484 e. The molecule has 2 heterocycles. The summed E-state index contributed by atoms with van der Waals surface area (Å²) in [6, 6.07) is 5.54. The number of hydrogen-bond donors (Lipinski definition) is 0. The van der Waals surface area contributed by atoms with Crippen molar-refractivity contribution in [1.29, 1.82) is 0 Å². The number of benzene rings is 1. The zero-order chi connectivity index (χ0) is 17.6. The van der Waals surface area contributed by atoms with Crippen LogP contribution in [-0.4, -0.2) is 53.7 Å². The summed E-state index contributed by atoms with van der Waals surface area (Å²) >= 11 is 0. The predicted molar refractivity (Wildman–Crippen MR) is 86.1 cm³/mol. The Hall–Kier alpha value is -2.90. The van der Waals surface area contributed by atoms with Crippen molar-refractivity contribution >= 4 is 5.91 Å². The third-order valence-electron chi connectivity index (χ3n) is 3.78. The van der Waals surface area contributed by atoms with Gasteiger partial charge in [-0.05, 0) is 24.3 Å². The number of aromatic nitrogens is 2. The van der Waals surface area contributed by atoms with Crippen LogP contribution in [0.2, 0.25) is 0 Å². The quantitative estimate of drug-likeness (QED) is 0.792. The van der Waals surface area contributed by atoms with E-state index >= 15 is 0 Å². The van der Waals surface area contributed by atoms with Gasteiger partial charge < -0.3 is 19.1 Å². The van der Waals surface area contributed by atoms with Crippen LogP contribution in [0.5, 0.6) is 17.5 Å². The fourth-order valence-electron chi connectivity index (χ4n) is 2.51. The maximum Gasteiger partial charge on any atom is 0.278 e. The van der Waals surface area contributed by atoms with Gasteiger partial charge in [-0.15, -0.1) is 0 Å². The number of ether oxygens (including phenoxy) is 3. The number of methoxy groups -OCH3 is 1. The normalized spacial score (nSPS) is 16.6. The highest BCUT2D eigenvalue weighted by atomic mass is 19.1. The van der Waals surface area contributed by atoms with E-state index in [0.29, 0.717) is 37.0 Å². The standard InChI is InChI=1S/C17H18FN3O4/c1-23-16-17(20-8-7-19-16)25-14-6-9-21(10-14)15(22)11-24-13-4-2-12(18)3-5-13/h2-5,7-8,14H,6,9-11H2,1H3. The van der Waals surface area contributed by atoms with Crippen LogP contribution in [0, 0.1) is 5.82 Å². The Bertz CT molecular complexity index is 726. The third-order valence-corrected chi connectivity index (χ3v) is 3.78. The molecule has 0 saturated carbocycles. The molecule has 132 valence electrons. The molecule has 1 aromatic heterocycles. The van der Waals surface area contributed by atoms with Gasteiger partial charge in [0.2, 0.25) is 0 Å². The highest BCUT2D eigenvalue weighted by Crippen LogP contribution is 2.24. The number of halogens is 1. The first kappa shape index (κ1) is 16.9. The highest BCUT2D eigenvalue weighted by Gasteiger charge is 2.29. The van der Waals surface area contributed by atoms with Crippen LogP contribution in [0.15, 0.2) is 36.7 Å². The number of carbonyl (C=O) groups excluding carboxylic acids is 1. The lowest BCUT2D eigenvalue weighted by molar-refractivity contribution is -0.132. The fraction of sp³-hybridized carbons (Fsp3) is 0.353. The molecular weight excluding hydrogens is 329 g/mol. The van der Waals surface area contributed by atoms with Crippen molar-refractivity contribution in [1.82, 2.24) is 14.9 Å². The summed E-state index contributed by atoms with van der Waals surface area (Å²) in [5.74, 6) is 0.573. The smallest absolute Gasteiger partial charge is 0.278 e. The van der Waals surface area contributed by atoms with Crippen LogP contribution >= 0.6 is 0 Å². The van der Waals surface area contributed by atoms with E-state index in [-0.39, 0.29) is 24.4 Å². The summed E-state index contributed by atoms with van der Waals surface area (Å²) in [7, 11) is 1.49. The van der Waals surface area contributed by atoms with Crippen molar-refractivity contribution < 1.29 is 23.4 Å². The summed E-state index contributed by atoms with van der Waals surface area (Å²) in [6.07, 6.45) is 3.54. The minimum atomic E-state index is -0.349.